The van der Waals surface area contributed by atoms with Gasteiger partial charge in [-0.05, 0) is 43.7 Å². The molecule has 1 atom stereocenters. The van der Waals surface area contributed by atoms with Crippen molar-refractivity contribution in [2.45, 2.75) is 19.9 Å². The third-order valence-electron chi connectivity index (χ3n) is 3.54. The Morgan fingerprint density at radius 1 is 1.05 bits per heavy atom. The predicted molar refractivity (Wildman–Crippen MR) is 78.2 cm³/mol. The van der Waals surface area contributed by atoms with Crippen molar-refractivity contribution in [1.29, 1.82) is 0 Å². The van der Waals surface area contributed by atoms with Crippen molar-refractivity contribution < 1.29 is 4.39 Å². The highest BCUT2D eigenvalue weighted by molar-refractivity contribution is 6.30. The molecule has 0 radical (unpaired) electrons. The van der Waals surface area contributed by atoms with E-state index in [1.165, 1.54) is 11.1 Å². The smallest absolute Gasteiger partial charge is 0.146 e. The van der Waals surface area contributed by atoms with Crippen LogP contribution in [0.15, 0.2) is 36.4 Å². The van der Waals surface area contributed by atoms with Crippen LogP contribution in [-0.4, -0.2) is 7.05 Å². The summed E-state index contributed by atoms with van der Waals surface area (Å²) < 4.78 is 14.2. The van der Waals surface area contributed by atoms with Crippen LogP contribution in [0.3, 0.4) is 0 Å². The first-order valence-electron chi connectivity index (χ1n) is 6.23. The van der Waals surface area contributed by atoms with Crippen LogP contribution in [0, 0.1) is 19.7 Å². The summed E-state index contributed by atoms with van der Waals surface area (Å²) in [6.07, 6.45) is 0. The SMILES string of the molecule is CNC(c1cccc(C)c1C)c1cccc(Cl)c1F. The monoisotopic (exact) mass is 277 g/mol. The van der Waals surface area contributed by atoms with Crippen LogP contribution in [0.2, 0.25) is 5.02 Å². The van der Waals surface area contributed by atoms with E-state index in [4.69, 9.17) is 11.6 Å². The molecule has 100 valence electrons. The second kappa shape index (κ2) is 5.72. The van der Waals surface area contributed by atoms with Gasteiger partial charge in [0.15, 0.2) is 0 Å². The van der Waals surface area contributed by atoms with Gasteiger partial charge in [-0.3, -0.25) is 0 Å². The quantitative estimate of drug-likeness (QED) is 0.876. The van der Waals surface area contributed by atoms with Gasteiger partial charge < -0.3 is 5.32 Å². The van der Waals surface area contributed by atoms with Crippen LogP contribution in [0.4, 0.5) is 4.39 Å². The molecule has 0 saturated carbocycles. The normalized spacial score (nSPS) is 12.5. The molecule has 1 N–H and O–H groups in total. The summed E-state index contributed by atoms with van der Waals surface area (Å²) in [5, 5.41) is 3.33. The minimum absolute atomic E-state index is 0.156. The Hall–Kier alpha value is -1.38. The highest BCUT2D eigenvalue weighted by Crippen LogP contribution is 2.30. The van der Waals surface area contributed by atoms with Gasteiger partial charge in [-0.25, -0.2) is 4.39 Å². The zero-order valence-corrected chi connectivity index (χ0v) is 12.1. The lowest BCUT2D eigenvalue weighted by atomic mass is 9.92. The van der Waals surface area contributed by atoms with Gasteiger partial charge in [-0.2, -0.15) is 0 Å². The highest BCUT2D eigenvalue weighted by atomic mass is 35.5. The maximum Gasteiger partial charge on any atom is 0.146 e. The Morgan fingerprint density at radius 2 is 1.68 bits per heavy atom. The van der Waals surface area contributed by atoms with Crippen LogP contribution in [0.5, 0.6) is 0 Å². The molecular formula is C16H17ClFN. The van der Waals surface area contributed by atoms with E-state index in [2.05, 4.69) is 25.2 Å². The van der Waals surface area contributed by atoms with E-state index < -0.39 is 0 Å². The van der Waals surface area contributed by atoms with E-state index in [0.29, 0.717) is 5.56 Å². The zero-order chi connectivity index (χ0) is 14.0. The molecule has 0 heterocycles. The van der Waals surface area contributed by atoms with Crippen molar-refractivity contribution in [3.05, 3.63) is 69.5 Å². The Kier molecular flexibility index (Phi) is 4.23. The molecule has 0 aliphatic carbocycles. The lowest BCUT2D eigenvalue weighted by molar-refractivity contribution is 0.575. The number of halogens is 2. The topological polar surface area (TPSA) is 12.0 Å². The van der Waals surface area contributed by atoms with Crippen LogP contribution in [0.25, 0.3) is 0 Å². The van der Waals surface area contributed by atoms with Gasteiger partial charge in [-0.15, -0.1) is 0 Å². The van der Waals surface area contributed by atoms with E-state index in [1.54, 1.807) is 18.2 Å². The van der Waals surface area contributed by atoms with Crippen LogP contribution >= 0.6 is 11.6 Å². The standard InChI is InChI=1S/C16H17ClFN/c1-10-6-4-7-12(11(10)2)16(19-3)13-8-5-9-14(17)15(13)18/h4-9,16,19H,1-3H3. The molecule has 2 aromatic rings. The van der Waals surface area contributed by atoms with Gasteiger partial charge in [0.25, 0.3) is 0 Å². The molecule has 0 bridgehead atoms. The van der Waals surface area contributed by atoms with E-state index in [1.807, 2.05) is 19.2 Å². The lowest BCUT2D eigenvalue weighted by Crippen LogP contribution is -2.20. The molecule has 2 rings (SSSR count). The number of nitrogens with one attached hydrogen (secondary N) is 1. The van der Waals surface area contributed by atoms with Crippen LogP contribution in [-0.2, 0) is 0 Å². The second-order valence-electron chi connectivity index (χ2n) is 4.65. The van der Waals surface area contributed by atoms with Gasteiger partial charge in [0.05, 0.1) is 11.1 Å². The van der Waals surface area contributed by atoms with Crippen molar-refractivity contribution in [2.24, 2.45) is 0 Å². The van der Waals surface area contributed by atoms with Gasteiger partial charge in [0.2, 0.25) is 0 Å². The van der Waals surface area contributed by atoms with Gasteiger partial charge in [-0.1, -0.05) is 41.9 Å². The Morgan fingerprint density at radius 3 is 2.37 bits per heavy atom. The third kappa shape index (κ3) is 2.65. The molecule has 2 aromatic carbocycles. The fourth-order valence-electron chi connectivity index (χ4n) is 2.31. The summed E-state index contributed by atoms with van der Waals surface area (Å²) in [5.74, 6) is -0.357. The second-order valence-corrected chi connectivity index (χ2v) is 5.06. The summed E-state index contributed by atoms with van der Waals surface area (Å²) >= 11 is 5.87. The van der Waals surface area contributed by atoms with E-state index in [9.17, 15) is 4.39 Å². The molecule has 0 saturated heterocycles. The lowest BCUT2D eigenvalue weighted by Gasteiger charge is -2.21. The fraction of sp³-hybridized carbons (Fsp3) is 0.250. The molecule has 0 aliphatic heterocycles. The van der Waals surface area contributed by atoms with Crippen molar-refractivity contribution in [3.8, 4) is 0 Å². The van der Waals surface area contributed by atoms with Crippen molar-refractivity contribution in [1.82, 2.24) is 5.32 Å². The fourth-order valence-corrected chi connectivity index (χ4v) is 2.49. The maximum atomic E-state index is 14.2. The first-order valence-corrected chi connectivity index (χ1v) is 6.61. The van der Waals surface area contributed by atoms with Crippen molar-refractivity contribution in [3.63, 3.8) is 0 Å². The van der Waals surface area contributed by atoms with Crippen molar-refractivity contribution in [2.75, 3.05) is 7.05 Å². The first-order chi connectivity index (χ1) is 9.06. The summed E-state index contributed by atoms with van der Waals surface area (Å²) in [5.41, 5.74) is 4.01. The maximum absolute atomic E-state index is 14.2. The average Bonchev–Trinajstić information content (AvgIpc) is 2.40. The van der Waals surface area contributed by atoms with Gasteiger partial charge >= 0.3 is 0 Å². The highest BCUT2D eigenvalue weighted by Gasteiger charge is 2.19. The number of hydrogen-bond acceptors (Lipinski definition) is 1. The van der Waals surface area contributed by atoms with E-state index in [-0.39, 0.29) is 16.9 Å². The Bertz CT molecular complexity index is 544. The van der Waals surface area contributed by atoms with Crippen molar-refractivity contribution >= 4 is 11.6 Å². The number of hydrogen-bond donors (Lipinski definition) is 1. The molecule has 0 aliphatic rings. The predicted octanol–water partition coefficient (Wildman–Crippen LogP) is 4.40. The van der Waals surface area contributed by atoms with Gasteiger partial charge in [0.1, 0.15) is 5.82 Å². The van der Waals surface area contributed by atoms with E-state index in [0.717, 1.165) is 5.56 Å². The summed E-state index contributed by atoms with van der Waals surface area (Å²) in [6.45, 7) is 4.11. The molecule has 0 fully saturated rings. The summed E-state index contributed by atoms with van der Waals surface area (Å²) in [4.78, 5) is 0. The molecular weight excluding hydrogens is 261 g/mol. The Labute approximate surface area is 118 Å². The number of aryl methyl sites for hydroxylation is 1. The van der Waals surface area contributed by atoms with Gasteiger partial charge in [0, 0.05) is 5.56 Å². The minimum atomic E-state index is -0.357. The molecule has 1 unspecified atom stereocenters. The molecule has 3 heteroatoms. The molecule has 0 aromatic heterocycles. The van der Waals surface area contributed by atoms with E-state index >= 15 is 0 Å². The first kappa shape index (κ1) is 14.0. The molecule has 0 spiro atoms. The summed E-state index contributed by atoms with van der Waals surface area (Å²) in [7, 11) is 1.83. The number of rotatable bonds is 3. The zero-order valence-electron chi connectivity index (χ0n) is 11.3. The third-order valence-corrected chi connectivity index (χ3v) is 3.83. The molecule has 0 amide bonds. The minimum Gasteiger partial charge on any atom is -0.309 e. The summed E-state index contributed by atoms with van der Waals surface area (Å²) in [6, 6.07) is 11.0. The number of benzene rings is 2. The Balaban J connectivity index is 2.57. The molecule has 1 nitrogen and oxygen atoms in total. The van der Waals surface area contributed by atoms with Crippen LogP contribution in [0.1, 0.15) is 28.3 Å². The van der Waals surface area contributed by atoms with Crippen LogP contribution < -0.4 is 5.32 Å². The molecule has 19 heavy (non-hydrogen) atoms. The average molecular weight is 278 g/mol. The largest absolute Gasteiger partial charge is 0.309 e.